The summed E-state index contributed by atoms with van der Waals surface area (Å²) in [6.45, 7) is 9.65. The molecule has 0 fully saturated rings. The summed E-state index contributed by atoms with van der Waals surface area (Å²) in [4.78, 5) is 25.5. The first-order valence-electron chi connectivity index (χ1n) is 8.73. The van der Waals surface area contributed by atoms with Gasteiger partial charge < -0.3 is 20.7 Å². The predicted molar refractivity (Wildman–Crippen MR) is 105 cm³/mol. The summed E-state index contributed by atoms with van der Waals surface area (Å²) < 4.78 is 5.44. The van der Waals surface area contributed by atoms with Crippen molar-refractivity contribution in [1.82, 2.24) is 4.90 Å². The molecule has 0 saturated carbocycles. The van der Waals surface area contributed by atoms with Gasteiger partial charge in [0.2, 0.25) is 11.6 Å². The average Bonchev–Trinajstić information content (AvgIpc) is 2.60. The van der Waals surface area contributed by atoms with Crippen LogP contribution in [0.1, 0.15) is 32.8 Å². The average molecular weight is 371 g/mol. The van der Waals surface area contributed by atoms with Crippen LogP contribution in [0.2, 0.25) is 0 Å². The van der Waals surface area contributed by atoms with Crippen LogP contribution >= 0.6 is 0 Å². The van der Waals surface area contributed by atoms with E-state index < -0.39 is 11.7 Å². The van der Waals surface area contributed by atoms with Crippen molar-refractivity contribution in [1.29, 1.82) is 0 Å². The number of hydrogen-bond donors (Lipinski definition) is 3. The van der Waals surface area contributed by atoms with Gasteiger partial charge in [0.15, 0.2) is 0 Å². The molecule has 1 heterocycles. The number of ether oxygens (including phenoxy) is 1. The molecule has 27 heavy (non-hydrogen) atoms. The van der Waals surface area contributed by atoms with Crippen molar-refractivity contribution in [3.05, 3.63) is 53.8 Å². The highest BCUT2D eigenvalue weighted by atomic mass is 16.6. The number of rotatable bonds is 4. The largest absolute Gasteiger partial charge is 0.444 e. The lowest BCUT2D eigenvalue weighted by Gasteiger charge is -2.31. The lowest BCUT2D eigenvalue weighted by atomic mass is 9.96. The Labute approximate surface area is 159 Å². The number of nitrogens with two attached hydrogens (primary N) is 2. The van der Waals surface area contributed by atoms with Crippen molar-refractivity contribution in [2.24, 2.45) is 5.73 Å². The maximum atomic E-state index is 12.4. The number of carbonyl (C=O) groups excluding carboxylic acids is 2. The molecule has 1 aliphatic heterocycles. The van der Waals surface area contributed by atoms with E-state index in [9.17, 15) is 9.59 Å². The first-order valence-corrected chi connectivity index (χ1v) is 8.73. The number of nitrogens with zero attached hydrogens (tertiary/aromatic N) is 1. The number of carbonyl (C=O) groups is 2. The summed E-state index contributed by atoms with van der Waals surface area (Å²) in [5, 5.41) is 9.05. The summed E-state index contributed by atoms with van der Waals surface area (Å²) in [7, 11) is 0. The van der Waals surface area contributed by atoms with Gasteiger partial charge in [-0.1, -0.05) is 12.6 Å². The van der Waals surface area contributed by atoms with Gasteiger partial charge in [0.1, 0.15) is 5.60 Å². The van der Waals surface area contributed by atoms with Gasteiger partial charge in [-0.2, -0.15) is 0 Å². The minimum Gasteiger partial charge on any atom is -0.444 e. The van der Waals surface area contributed by atoms with Crippen molar-refractivity contribution in [3.63, 3.8) is 0 Å². The SMILES string of the molecule is C=CC(=O)Nc1cccc(C(=[NH2+])C2=C(N)CCN(C(=O)OC(C)(C)C)C2)c1. The fourth-order valence-corrected chi connectivity index (χ4v) is 2.65. The van der Waals surface area contributed by atoms with Crippen molar-refractivity contribution in [2.75, 3.05) is 18.4 Å². The molecule has 0 radical (unpaired) electrons. The molecule has 0 atom stereocenters. The zero-order valence-electron chi connectivity index (χ0n) is 16.0. The molecule has 5 N–H and O–H groups in total. The van der Waals surface area contributed by atoms with Gasteiger partial charge >= 0.3 is 6.09 Å². The highest BCUT2D eigenvalue weighted by Gasteiger charge is 2.30. The van der Waals surface area contributed by atoms with Gasteiger partial charge in [-0.15, -0.1) is 0 Å². The molecule has 1 aromatic carbocycles. The van der Waals surface area contributed by atoms with E-state index in [1.54, 1.807) is 23.1 Å². The Kier molecular flexibility index (Phi) is 6.05. The number of nitrogens with one attached hydrogen (secondary N) is 1. The number of amides is 2. The van der Waals surface area contributed by atoms with E-state index in [4.69, 9.17) is 15.9 Å². The topological polar surface area (TPSA) is 110 Å². The molecule has 0 spiro atoms. The molecule has 7 heteroatoms. The third kappa shape index (κ3) is 5.44. The molecule has 0 bridgehead atoms. The summed E-state index contributed by atoms with van der Waals surface area (Å²) in [6, 6.07) is 7.12. The van der Waals surface area contributed by atoms with Crippen LogP contribution in [0.15, 0.2) is 48.2 Å². The molecule has 0 aromatic heterocycles. The van der Waals surface area contributed by atoms with Crippen molar-refractivity contribution < 1.29 is 19.7 Å². The third-order valence-corrected chi connectivity index (χ3v) is 3.99. The number of hydrogen-bond acceptors (Lipinski definition) is 4. The Morgan fingerprint density at radius 2 is 2.07 bits per heavy atom. The molecule has 2 rings (SSSR count). The number of anilines is 1. The fraction of sp³-hybridized carbons (Fsp3) is 0.350. The van der Waals surface area contributed by atoms with E-state index in [-0.39, 0.29) is 12.5 Å². The highest BCUT2D eigenvalue weighted by molar-refractivity contribution is 6.10. The zero-order valence-corrected chi connectivity index (χ0v) is 16.0. The second-order valence-electron chi connectivity index (χ2n) is 7.34. The fourth-order valence-electron chi connectivity index (χ4n) is 2.65. The van der Waals surface area contributed by atoms with E-state index in [0.29, 0.717) is 41.2 Å². The minimum atomic E-state index is -0.573. The molecule has 7 nitrogen and oxygen atoms in total. The van der Waals surface area contributed by atoms with E-state index in [1.165, 1.54) is 6.08 Å². The monoisotopic (exact) mass is 371 g/mol. The molecule has 144 valence electrons. The first kappa shape index (κ1) is 20.2. The van der Waals surface area contributed by atoms with Crippen LogP contribution in [-0.2, 0) is 9.53 Å². The van der Waals surface area contributed by atoms with Crippen LogP contribution in [-0.4, -0.2) is 41.3 Å². The van der Waals surface area contributed by atoms with Gasteiger partial charge in [-0.25, -0.2) is 4.79 Å². The second kappa shape index (κ2) is 8.07. The van der Waals surface area contributed by atoms with E-state index in [1.807, 2.05) is 26.8 Å². The van der Waals surface area contributed by atoms with Gasteiger partial charge in [0.25, 0.3) is 0 Å². The Morgan fingerprint density at radius 3 is 2.70 bits per heavy atom. The molecule has 2 amide bonds. The summed E-state index contributed by atoms with van der Waals surface area (Å²) in [6.07, 6.45) is 1.31. The predicted octanol–water partition coefficient (Wildman–Crippen LogP) is 1.21. The lowest BCUT2D eigenvalue weighted by Crippen LogP contribution is -2.49. The van der Waals surface area contributed by atoms with Crippen LogP contribution in [0, 0.1) is 0 Å². The normalized spacial score (nSPS) is 14.6. The van der Waals surface area contributed by atoms with Crippen molar-refractivity contribution in [2.45, 2.75) is 32.8 Å². The van der Waals surface area contributed by atoms with E-state index >= 15 is 0 Å². The summed E-state index contributed by atoms with van der Waals surface area (Å²) >= 11 is 0. The Morgan fingerprint density at radius 1 is 1.37 bits per heavy atom. The smallest absolute Gasteiger partial charge is 0.410 e. The van der Waals surface area contributed by atoms with Crippen LogP contribution in [0.4, 0.5) is 10.5 Å². The van der Waals surface area contributed by atoms with E-state index in [2.05, 4.69) is 11.9 Å². The molecule has 0 aliphatic carbocycles. The highest BCUT2D eigenvalue weighted by Crippen LogP contribution is 2.21. The maximum absolute atomic E-state index is 12.4. The van der Waals surface area contributed by atoms with Gasteiger partial charge in [-0.3, -0.25) is 10.2 Å². The standard InChI is InChI=1S/C20H26N4O3/c1-5-17(25)23-14-8-6-7-13(11-14)18(22)15-12-24(10-9-16(15)21)19(26)27-20(2,3)4/h5-8,11,22H,1,9-10,12,21H2,2-4H3,(H,23,25)/p+1. The lowest BCUT2D eigenvalue weighted by molar-refractivity contribution is -0.113. The molecule has 0 unspecified atom stereocenters. The molecule has 1 aromatic rings. The third-order valence-electron chi connectivity index (χ3n) is 3.99. The summed E-state index contributed by atoms with van der Waals surface area (Å²) in [5.41, 5.74) is 8.71. The Hall–Kier alpha value is -3.09. The first-order chi connectivity index (χ1) is 12.6. The van der Waals surface area contributed by atoms with Crippen molar-refractivity contribution >= 4 is 23.4 Å². The van der Waals surface area contributed by atoms with Crippen LogP contribution in [0.25, 0.3) is 0 Å². The minimum absolute atomic E-state index is 0.274. The molecule has 0 saturated heterocycles. The molecular weight excluding hydrogens is 344 g/mol. The maximum Gasteiger partial charge on any atom is 0.410 e. The summed E-state index contributed by atoms with van der Waals surface area (Å²) in [5.74, 6) is -0.307. The second-order valence-corrected chi connectivity index (χ2v) is 7.34. The van der Waals surface area contributed by atoms with Gasteiger partial charge in [0.05, 0.1) is 12.1 Å². The van der Waals surface area contributed by atoms with Gasteiger partial charge in [-0.05, 0) is 45.0 Å². The van der Waals surface area contributed by atoms with Crippen LogP contribution in [0.5, 0.6) is 0 Å². The molecule has 1 aliphatic rings. The number of benzene rings is 1. The zero-order chi connectivity index (χ0) is 20.2. The Bertz CT molecular complexity index is 806. The van der Waals surface area contributed by atoms with Crippen LogP contribution < -0.4 is 16.5 Å². The molecular formula is C20H27N4O3+. The van der Waals surface area contributed by atoms with Crippen molar-refractivity contribution in [3.8, 4) is 0 Å². The van der Waals surface area contributed by atoms with Crippen LogP contribution in [0.3, 0.4) is 0 Å². The quantitative estimate of drug-likeness (QED) is 0.546. The van der Waals surface area contributed by atoms with Gasteiger partial charge in [0, 0.05) is 29.9 Å². The van der Waals surface area contributed by atoms with E-state index in [0.717, 1.165) is 0 Å². The Balaban J connectivity index is 2.19.